The summed E-state index contributed by atoms with van der Waals surface area (Å²) in [6.07, 6.45) is 0. The predicted molar refractivity (Wildman–Crippen MR) is 222 cm³/mol. The largest absolute Gasteiger partial charge is 0.311 e. The lowest BCUT2D eigenvalue weighted by atomic mass is 9.32. The molecule has 2 heterocycles. The molecule has 0 spiro atoms. The molecule has 0 saturated heterocycles. The first kappa shape index (κ1) is 31.0. The van der Waals surface area contributed by atoms with Crippen molar-refractivity contribution in [1.29, 1.82) is 0 Å². The second-order valence-electron chi connectivity index (χ2n) is 16.2. The van der Waals surface area contributed by atoms with Crippen molar-refractivity contribution < 1.29 is 0 Å². The van der Waals surface area contributed by atoms with Crippen LogP contribution in [0.1, 0.15) is 51.3 Å². The Bertz CT molecular complexity index is 2530. The highest BCUT2D eigenvalue weighted by Gasteiger charge is 2.48. The quantitative estimate of drug-likeness (QED) is 0.173. The van der Waals surface area contributed by atoms with Crippen molar-refractivity contribution in [2.75, 3.05) is 9.80 Å². The van der Waals surface area contributed by atoms with Crippen LogP contribution in [0, 0.1) is 0 Å². The maximum absolute atomic E-state index is 2.54. The van der Waals surface area contributed by atoms with E-state index in [0.717, 1.165) is 0 Å². The number of anilines is 6. The van der Waals surface area contributed by atoms with Gasteiger partial charge in [0.05, 0.1) is 0 Å². The molecule has 0 N–H and O–H groups in total. The van der Waals surface area contributed by atoms with Crippen LogP contribution < -0.4 is 26.2 Å². The Morgan fingerprint density at radius 1 is 0.481 bits per heavy atom. The summed E-state index contributed by atoms with van der Waals surface area (Å²) < 4.78 is 0. The number of hydrogen-bond acceptors (Lipinski definition) is 2. The third kappa shape index (κ3) is 4.38. The van der Waals surface area contributed by atoms with Gasteiger partial charge in [-0.1, -0.05) is 144 Å². The molecule has 3 heteroatoms. The molecular weight excluding hydrogens is 627 g/mol. The molecule has 7 aromatic carbocycles. The average Bonchev–Trinajstić information content (AvgIpc) is 3.41. The molecule has 250 valence electrons. The van der Waals surface area contributed by atoms with Gasteiger partial charge < -0.3 is 9.80 Å². The fourth-order valence-corrected chi connectivity index (χ4v) is 9.26. The SMILES string of the molecule is CC(C)(C)c1ccc2c(c1)N(c1ccccc1)c1cc(-c3ccccc3)cc3c1B2c1c(ccc2c1-c1ccccc1C2(C)C)N3c1ccccc1. The normalized spacial score (nSPS) is 14.7. The summed E-state index contributed by atoms with van der Waals surface area (Å²) in [4.78, 5) is 5.09. The van der Waals surface area contributed by atoms with E-state index >= 15 is 0 Å². The fourth-order valence-electron chi connectivity index (χ4n) is 9.26. The Balaban J connectivity index is 1.39. The maximum Gasteiger partial charge on any atom is 0.252 e. The number of fused-ring (bicyclic) bond motifs is 8. The zero-order valence-corrected chi connectivity index (χ0v) is 30.5. The topological polar surface area (TPSA) is 6.48 Å². The van der Waals surface area contributed by atoms with Crippen LogP contribution in [0.15, 0.2) is 158 Å². The summed E-state index contributed by atoms with van der Waals surface area (Å²) in [5.41, 5.74) is 20.6. The van der Waals surface area contributed by atoms with Crippen LogP contribution in [-0.2, 0) is 10.8 Å². The number of nitrogens with zero attached hydrogens (tertiary/aromatic N) is 2. The Labute approximate surface area is 308 Å². The van der Waals surface area contributed by atoms with E-state index in [9.17, 15) is 0 Å². The fraction of sp³-hybridized carbons (Fsp3) is 0.143. The molecule has 0 amide bonds. The maximum atomic E-state index is 2.54. The third-order valence-corrected chi connectivity index (χ3v) is 11.8. The molecule has 3 aliphatic rings. The number of rotatable bonds is 3. The summed E-state index contributed by atoms with van der Waals surface area (Å²) >= 11 is 0. The second kappa shape index (κ2) is 11.1. The van der Waals surface area contributed by atoms with Crippen LogP contribution in [0.25, 0.3) is 22.3 Å². The van der Waals surface area contributed by atoms with E-state index in [1.807, 2.05) is 0 Å². The number of para-hydroxylation sites is 2. The monoisotopic (exact) mass is 668 g/mol. The molecule has 0 fully saturated rings. The van der Waals surface area contributed by atoms with E-state index in [0.29, 0.717) is 0 Å². The van der Waals surface area contributed by atoms with Gasteiger partial charge in [-0.3, -0.25) is 0 Å². The van der Waals surface area contributed by atoms with Crippen molar-refractivity contribution in [2.45, 2.75) is 45.4 Å². The van der Waals surface area contributed by atoms with Crippen molar-refractivity contribution in [2.24, 2.45) is 0 Å². The standard InChI is InChI=1S/C49H41BN2/c1-48(2,3)34-25-27-40-42(31-34)52(36-21-13-8-14-22-36)44-30-33(32-17-9-6-10-18-32)29-43-46(44)50(40)47-41(51(43)35-19-11-7-12-20-35)28-26-39-45(47)37-23-15-16-24-38(37)49(39,4)5/h6-31H,1-5H3. The molecule has 0 saturated carbocycles. The van der Waals surface area contributed by atoms with E-state index in [1.165, 1.54) is 89.5 Å². The molecule has 0 bridgehead atoms. The van der Waals surface area contributed by atoms with E-state index in [4.69, 9.17) is 0 Å². The Kier molecular flexibility index (Phi) is 6.61. The van der Waals surface area contributed by atoms with Crippen LogP contribution in [0.5, 0.6) is 0 Å². The van der Waals surface area contributed by atoms with Crippen molar-refractivity contribution in [1.82, 2.24) is 0 Å². The van der Waals surface area contributed by atoms with E-state index in [2.05, 4.69) is 202 Å². The van der Waals surface area contributed by atoms with Gasteiger partial charge in [-0.05, 0) is 109 Å². The van der Waals surface area contributed by atoms with Gasteiger partial charge in [-0.2, -0.15) is 0 Å². The van der Waals surface area contributed by atoms with E-state index in [-0.39, 0.29) is 17.5 Å². The van der Waals surface area contributed by atoms with Gasteiger partial charge in [-0.15, -0.1) is 0 Å². The summed E-state index contributed by atoms with van der Waals surface area (Å²) in [6.45, 7) is 11.8. The summed E-state index contributed by atoms with van der Waals surface area (Å²) in [5, 5.41) is 0. The molecular formula is C49H41BN2. The number of benzene rings is 7. The van der Waals surface area contributed by atoms with Gasteiger partial charge in [0.2, 0.25) is 0 Å². The minimum Gasteiger partial charge on any atom is -0.311 e. The van der Waals surface area contributed by atoms with Crippen molar-refractivity contribution in [3.8, 4) is 22.3 Å². The molecule has 7 aromatic rings. The van der Waals surface area contributed by atoms with Crippen LogP contribution in [0.3, 0.4) is 0 Å². The first-order chi connectivity index (χ1) is 25.2. The molecule has 0 atom stereocenters. The van der Waals surface area contributed by atoms with Gasteiger partial charge in [0.15, 0.2) is 0 Å². The zero-order valence-electron chi connectivity index (χ0n) is 30.5. The smallest absolute Gasteiger partial charge is 0.252 e. The predicted octanol–water partition coefficient (Wildman–Crippen LogP) is 11.0. The third-order valence-electron chi connectivity index (χ3n) is 11.8. The van der Waals surface area contributed by atoms with Crippen LogP contribution in [0.4, 0.5) is 34.1 Å². The minimum absolute atomic E-state index is 0.00644. The van der Waals surface area contributed by atoms with Crippen molar-refractivity contribution in [3.05, 3.63) is 174 Å². The second-order valence-corrected chi connectivity index (χ2v) is 16.2. The van der Waals surface area contributed by atoms with Crippen molar-refractivity contribution in [3.63, 3.8) is 0 Å². The molecule has 1 aliphatic carbocycles. The molecule has 0 aromatic heterocycles. The lowest BCUT2D eigenvalue weighted by molar-refractivity contribution is 0.590. The van der Waals surface area contributed by atoms with Crippen LogP contribution >= 0.6 is 0 Å². The summed E-state index contributed by atoms with van der Waals surface area (Å²) in [6, 6.07) is 59.0. The van der Waals surface area contributed by atoms with Gasteiger partial charge >= 0.3 is 0 Å². The molecule has 0 unspecified atom stereocenters. The lowest BCUT2D eigenvalue weighted by Gasteiger charge is -2.45. The van der Waals surface area contributed by atoms with E-state index < -0.39 is 0 Å². The first-order valence-electron chi connectivity index (χ1n) is 18.6. The molecule has 52 heavy (non-hydrogen) atoms. The van der Waals surface area contributed by atoms with Gasteiger partial charge in [0, 0.05) is 39.5 Å². The molecule has 0 radical (unpaired) electrons. The average molecular weight is 669 g/mol. The Morgan fingerprint density at radius 3 is 1.69 bits per heavy atom. The molecule has 2 nitrogen and oxygen atoms in total. The first-order valence-corrected chi connectivity index (χ1v) is 18.6. The molecule has 2 aliphatic heterocycles. The van der Waals surface area contributed by atoms with Gasteiger partial charge in [0.1, 0.15) is 0 Å². The Morgan fingerprint density at radius 2 is 1.06 bits per heavy atom. The van der Waals surface area contributed by atoms with Crippen molar-refractivity contribution >= 4 is 57.2 Å². The highest BCUT2D eigenvalue weighted by molar-refractivity contribution is 7.01. The highest BCUT2D eigenvalue weighted by atomic mass is 15.2. The minimum atomic E-state index is -0.109. The Hall–Kier alpha value is -5.80. The summed E-state index contributed by atoms with van der Waals surface area (Å²) in [7, 11) is 0. The van der Waals surface area contributed by atoms with Crippen LogP contribution in [0.2, 0.25) is 0 Å². The van der Waals surface area contributed by atoms with Gasteiger partial charge in [0.25, 0.3) is 6.71 Å². The van der Waals surface area contributed by atoms with Crippen LogP contribution in [-0.4, -0.2) is 6.71 Å². The highest BCUT2D eigenvalue weighted by Crippen LogP contribution is 2.52. The summed E-state index contributed by atoms with van der Waals surface area (Å²) in [5.74, 6) is 0. The van der Waals surface area contributed by atoms with E-state index in [1.54, 1.807) is 0 Å². The molecule has 10 rings (SSSR count). The van der Waals surface area contributed by atoms with Gasteiger partial charge in [-0.25, -0.2) is 0 Å². The lowest BCUT2D eigenvalue weighted by Crippen LogP contribution is -2.62. The number of hydrogen-bond donors (Lipinski definition) is 0. The zero-order chi connectivity index (χ0) is 35.4.